The minimum absolute atomic E-state index is 0.0725. The molecule has 10 heteroatoms. The van der Waals surface area contributed by atoms with E-state index in [9.17, 15) is 27.2 Å². The molecule has 0 aliphatic carbocycles. The molecule has 0 bridgehead atoms. The van der Waals surface area contributed by atoms with E-state index >= 15 is 0 Å². The van der Waals surface area contributed by atoms with Crippen molar-refractivity contribution in [1.82, 2.24) is 10.6 Å². The molecule has 128 valence electrons. The van der Waals surface area contributed by atoms with Gasteiger partial charge in [0.15, 0.2) is 6.54 Å². The molecule has 0 heterocycles. The smallest absolute Gasteiger partial charge is 0.329 e. The molecule has 0 saturated carbocycles. The molecule has 3 amide bonds. The highest BCUT2D eigenvalue weighted by atomic mass is 35.5. The van der Waals surface area contributed by atoms with Gasteiger partial charge in [0.1, 0.15) is 18.9 Å². The van der Waals surface area contributed by atoms with E-state index in [0.29, 0.717) is 4.90 Å². The Morgan fingerprint density at radius 3 is 2.52 bits per heavy atom. The predicted octanol–water partition coefficient (Wildman–Crippen LogP) is 0.882. The number of amides is 3. The monoisotopic (exact) mass is 356 g/mol. The van der Waals surface area contributed by atoms with Crippen LogP contribution in [0.3, 0.4) is 0 Å². The molecule has 0 fully saturated rings. The number of benzene rings is 1. The van der Waals surface area contributed by atoms with Crippen molar-refractivity contribution in [3.05, 3.63) is 34.6 Å². The SMILES string of the molecule is C[NH+](CC(=O)NC(=O)NCC(F)(F)F)Cc1c(F)cccc1Cl. The lowest BCUT2D eigenvalue weighted by atomic mass is 10.2. The predicted molar refractivity (Wildman–Crippen MR) is 74.5 cm³/mol. The summed E-state index contributed by atoms with van der Waals surface area (Å²) >= 11 is 5.85. The van der Waals surface area contributed by atoms with E-state index in [4.69, 9.17) is 11.6 Å². The number of hydrogen-bond donors (Lipinski definition) is 3. The highest BCUT2D eigenvalue weighted by Gasteiger charge is 2.28. The highest BCUT2D eigenvalue weighted by Crippen LogP contribution is 2.17. The summed E-state index contributed by atoms with van der Waals surface area (Å²) in [7, 11) is 1.55. The van der Waals surface area contributed by atoms with Crippen LogP contribution in [-0.4, -0.2) is 38.3 Å². The van der Waals surface area contributed by atoms with Crippen LogP contribution in [0.5, 0.6) is 0 Å². The Morgan fingerprint density at radius 2 is 1.96 bits per heavy atom. The lowest BCUT2D eigenvalue weighted by Crippen LogP contribution is -3.09. The van der Waals surface area contributed by atoms with E-state index < -0.39 is 30.5 Å². The van der Waals surface area contributed by atoms with Gasteiger partial charge in [-0.1, -0.05) is 17.7 Å². The number of carbonyl (C=O) groups excluding carboxylic acids is 2. The number of likely N-dealkylation sites (N-methyl/N-ethyl adjacent to an activating group) is 1. The Morgan fingerprint density at radius 1 is 1.30 bits per heavy atom. The van der Waals surface area contributed by atoms with Crippen LogP contribution in [0.25, 0.3) is 0 Å². The number of halogens is 5. The van der Waals surface area contributed by atoms with Gasteiger partial charge in [0.05, 0.1) is 17.6 Å². The van der Waals surface area contributed by atoms with Crippen molar-refractivity contribution >= 4 is 23.5 Å². The zero-order valence-corrected chi connectivity index (χ0v) is 12.8. The molecule has 0 radical (unpaired) electrons. The Balaban J connectivity index is 2.46. The number of quaternary nitrogens is 1. The molecule has 5 nitrogen and oxygen atoms in total. The maximum atomic E-state index is 13.6. The molecule has 0 saturated heterocycles. The normalized spacial score (nSPS) is 12.6. The first-order chi connectivity index (χ1) is 10.6. The van der Waals surface area contributed by atoms with Crippen LogP contribution in [0.15, 0.2) is 18.2 Å². The zero-order valence-electron chi connectivity index (χ0n) is 12.1. The van der Waals surface area contributed by atoms with Crippen molar-refractivity contribution in [3.63, 3.8) is 0 Å². The first kappa shape index (κ1) is 19.2. The van der Waals surface area contributed by atoms with E-state index in [1.165, 1.54) is 23.5 Å². The first-order valence-corrected chi connectivity index (χ1v) is 6.85. The molecular formula is C13H15ClF4N3O2+. The van der Waals surface area contributed by atoms with Crippen molar-refractivity contribution in [1.29, 1.82) is 0 Å². The Kier molecular flexibility index (Phi) is 6.77. The Hall–Kier alpha value is -1.87. The summed E-state index contributed by atoms with van der Waals surface area (Å²) in [6, 6.07) is 2.91. The average Bonchev–Trinajstić information content (AvgIpc) is 2.40. The van der Waals surface area contributed by atoms with Crippen LogP contribution in [0, 0.1) is 5.82 Å². The minimum Gasteiger partial charge on any atom is -0.329 e. The van der Waals surface area contributed by atoms with Gasteiger partial charge in [-0.25, -0.2) is 9.18 Å². The van der Waals surface area contributed by atoms with Gasteiger partial charge in [-0.05, 0) is 12.1 Å². The van der Waals surface area contributed by atoms with Gasteiger partial charge >= 0.3 is 12.2 Å². The van der Waals surface area contributed by atoms with Crippen LogP contribution in [-0.2, 0) is 11.3 Å². The molecule has 23 heavy (non-hydrogen) atoms. The fraction of sp³-hybridized carbons (Fsp3) is 0.385. The van der Waals surface area contributed by atoms with Crippen LogP contribution in [0.1, 0.15) is 5.56 Å². The maximum Gasteiger partial charge on any atom is 0.405 e. The second-order valence-electron chi connectivity index (χ2n) is 4.86. The number of carbonyl (C=O) groups is 2. The van der Waals surface area contributed by atoms with Crippen molar-refractivity contribution < 1.29 is 32.1 Å². The maximum absolute atomic E-state index is 13.6. The average molecular weight is 357 g/mol. The van der Waals surface area contributed by atoms with E-state index in [2.05, 4.69) is 0 Å². The molecule has 0 aromatic heterocycles. The lowest BCUT2D eigenvalue weighted by molar-refractivity contribution is -0.885. The van der Waals surface area contributed by atoms with Crippen LogP contribution in [0.2, 0.25) is 5.02 Å². The molecule has 0 spiro atoms. The number of nitrogens with one attached hydrogen (secondary N) is 3. The summed E-state index contributed by atoms with van der Waals surface area (Å²) in [5, 5.41) is 3.47. The number of rotatable bonds is 5. The van der Waals surface area contributed by atoms with Gasteiger partial charge in [-0.3, -0.25) is 10.1 Å². The quantitative estimate of drug-likeness (QED) is 0.686. The molecule has 1 rings (SSSR count). The van der Waals surface area contributed by atoms with Crippen molar-refractivity contribution in [3.8, 4) is 0 Å². The Bertz CT molecular complexity index is 561. The Labute approximate surface area is 134 Å². The highest BCUT2D eigenvalue weighted by molar-refractivity contribution is 6.31. The van der Waals surface area contributed by atoms with Gasteiger partial charge < -0.3 is 10.2 Å². The summed E-state index contributed by atoms with van der Waals surface area (Å²) in [6.07, 6.45) is -4.57. The molecule has 1 unspecified atom stereocenters. The number of urea groups is 1. The molecule has 3 N–H and O–H groups in total. The minimum atomic E-state index is -4.57. The van der Waals surface area contributed by atoms with Gasteiger partial charge in [0, 0.05) is 0 Å². The summed E-state index contributed by atoms with van der Waals surface area (Å²) < 4.78 is 49.3. The summed E-state index contributed by atoms with van der Waals surface area (Å²) in [5.74, 6) is -1.32. The van der Waals surface area contributed by atoms with E-state index in [1.807, 2.05) is 0 Å². The first-order valence-electron chi connectivity index (χ1n) is 6.47. The second-order valence-corrected chi connectivity index (χ2v) is 5.26. The van der Waals surface area contributed by atoms with Gasteiger partial charge in [-0.2, -0.15) is 13.2 Å². The molecule has 0 aliphatic heterocycles. The largest absolute Gasteiger partial charge is 0.405 e. The fourth-order valence-corrected chi connectivity index (χ4v) is 1.96. The lowest BCUT2D eigenvalue weighted by Gasteiger charge is -2.15. The van der Waals surface area contributed by atoms with Crippen molar-refractivity contribution in [2.45, 2.75) is 12.7 Å². The summed E-state index contributed by atoms with van der Waals surface area (Å²) in [5.41, 5.74) is 0.209. The third-order valence-electron chi connectivity index (χ3n) is 2.70. The fourth-order valence-electron chi connectivity index (χ4n) is 1.74. The van der Waals surface area contributed by atoms with E-state index in [-0.39, 0.29) is 23.7 Å². The topological polar surface area (TPSA) is 62.6 Å². The molecular weight excluding hydrogens is 342 g/mol. The van der Waals surface area contributed by atoms with Crippen molar-refractivity contribution in [2.75, 3.05) is 20.1 Å². The second kappa shape index (κ2) is 8.11. The third-order valence-corrected chi connectivity index (χ3v) is 3.06. The van der Waals surface area contributed by atoms with E-state index in [1.54, 1.807) is 12.4 Å². The number of hydrogen-bond acceptors (Lipinski definition) is 2. The molecule has 1 aromatic rings. The standard InChI is InChI=1S/C13H14ClF4N3O2/c1-21(5-8-9(14)3-2-4-10(8)15)6-11(22)20-12(23)19-7-13(16,17)18/h2-4H,5-7H2,1H3,(H2,19,20,22,23)/p+1. The molecule has 1 atom stereocenters. The van der Waals surface area contributed by atoms with E-state index in [0.717, 1.165) is 0 Å². The molecule has 0 aliphatic rings. The molecule has 1 aromatic carbocycles. The van der Waals surface area contributed by atoms with Crippen LogP contribution >= 0.6 is 11.6 Å². The van der Waals surface area contributed by atoms with Gasteiger partial charge in [-0.15, -0.1) is 0 Å². The zero-order chi connectivity index (χ0) is 17.6. The van der Waals surface area contributed by atoms with Crippen LogP contribution in [0.4, 0.5) is 22.4 Å². The van der Waals surface area contributed by atoms with Crippen LogP contribution < -0.4 is 15.5 Å². The van der Waals surface area contributed by atoms with Gasteiger partial charge in [0.2, 0.25) is 0 Å². The number of alkyl halides is 3. The van der Waals surface area contributed by atoms with Gasteiger partial charge in [0.25, 0.3) is 5.91 Å². The number of imide groups is 1. The van der Waals surface area contributed by atoms with Crippen molar-refractivity contribution in [2.24, 2.45) is 0 Å². The summed E-state index contributed by atoms with van der Waals surface area (Å²) in [4.78, 5) is 23.2. The third kappa shape index (κ3) is 7.29. The summed E-state index contributed by atoms with van der Waals surface area (Å²) in [6.45, 7) is -1.72.